The molecule has 0 bridgehead atoms. The number of H-pyrrole nitrogens is 1. The van der Waals surface area contributed by atoms with Gasteiger partial charge < -0.3 is 20.1 Å². The van der Waals surface area contributed by atoms with E-state index in [0.717, 1.165) is 11.4 Å². The zero-order valence-electron chi connectivity index (χ0n) is 13.3. The molecule has 0 amide bonds. The molecule has 0 radical (unpaired) electrons. The number of hydrogen-bond acceptors (Lipinski definition) is 6. The van der Waals surface area contributed by atoms with Gasteiger partial charge in [0.25, 0.3) is 0 Å². The third-order valence-corrected chi connectivity index (χ3v) is 6.30. The number of aliphatic hydroxyl groups excluding tert-OH is 2. The van der Waals surface area contributed by atoms with Crippen LogP contribution in [0.5, 0.6) is 0 Å². The van der Waals surface area contributed by atoms with Crippen LogP contribution in [0.3, 0.4) is 0 Å². The van der Waals surface area contributed by atoms with E-state index in [0.29, 0.717) is 45.4 Å². The summed E-state index contributed by atoms with van der Waals surface area (Å²) in [5.74, 6) is 0. The first-order chi connectivity index (χ1) is 10.9. The molecule has 1 aromatic heterocycles. The molecule has 1 spiro atoms. The van der Waals surface area contributed by atoms with Crippen molar-refractivity contribution in [3.63, 3.8) is 0 Å². The van der Waals surface area contributed by atoms with Crippen molar-refractivity contribution in [1.82, 2.24) is 19.2 Å². The molecule has 0 aromatic carbocycles. The van der Waals surface area contributed by atoms with Crippen molar-refractivity contribution in [2.45, 2.75) is 30.9 Å². The van der Waals surface area contributed by atoms with Crippen molar-refractivity contribution in [1.29, 1.82) is 0 Å². The lowest BCUT2D eigenvalue weighted by Gasteiger charge is -2.49. The van der Waals surface area contributed by atoms with Gasteiger partial charge in [0, 0.05) is 38.3 Å². The molecular weight excluding hydrogens is 320 g/mol. The Morgan fingerprint density at radius 2 is 2.09 bits per heavy atom. The maximum Gasteiger partial charge on any atom is 0.212 e. The van der Waals surface area contributed by atoms with Crippen LogP contribution in [0.25, 0.3) is 0 Å². The van der Waals surface area contributed by atoms with Gasteiger partial charge in [0.1, 0.15) is 0 Å². The molecule has 23 heavy (non-hydrogen) atoms. The van der Waals surface area contributed by atoms with Gasteiger partial charge in [-0.25, -0.2) is 13.4 Å². The monoisotopic (exact) mass is 344 g/mol. The van der Waals surface area contributed by atoms with Gasteiger partial charge in [-0.15, -0.1) is 0 Å². The summed E-state index contributed by atoms with van der Waals surface area (Å²) in [4.78, 5) is 9.63. The lowest BCUT2D eigenvalue weighted by Crippen LogP contribution is -2.58. The summed E-state index contributed by atoms with van der Waals surface area (Å²) in [6.07, 6.45) is 4.06. The molecule has 3 N–H and O–H groups in total. The van der Waals surface area contributed by atoms with Gasteiger partial charge in [0.05, 0.1) is 36.5 Å². The maximum absolute atomic E-state index is 12.3. The summed E-state index contributed by atoms with van der Waals surface area (Å²) in [6, 6.07) is 0. The number of fused-ring (bicyclic) bond motifs is 2. The average Bonchev–Trinajstić information content (AvgIpc) is 2.98. The Bertz CT molecular complexity index is 651. The molecule has 0 aliphatic carbocycles. The Morgan fingerprint density at radius 1 is 1.39 bits per heavy atom. The van der Waals surface area contributed by atoms with Crippen LogP contribution in [0.1, 0.15) is 24.2 Å². The minimum atomic E-state index is -3.33. The van der Waals surface area contributed by atoms with E-state index in [1.54, 1.807) is 10.6 Å². The Morgan fingerprint density at radius 3 is 2.70 bits per heavy atom. The second kappa shape index (κ2) is 6.14. The summed E-state index contributed by atoms with van der Waals surface area (Å²) in [5, 5.41) is 18.6. The van der Waals surface area contributed by atoms with E-state index >= 15 is 0 Å². The predicted octanol–water partition coefficient (Wildman–Crippen LogP) is -1.13. The van der Waals surface area contributed by atoms with Gasteiger partial charge in [-0.3, -0.25) is 0 Å². The molecule has 1 saturated heterocycles. The van der Waals surface area contributed by atoms with Crippen molar-refractivity contribution >= 4 is 10.0 Å². The number of aromatic nitrogens is 2. The molecule has 1 aromatic rings. The zero-order chi connectivity index (χ0) is 16.7. The quantitative estimate of drug-likeness (QED) is 0.638. The molecule has 0 saturated carbocycles. The highest BCUT2D eigenvalue weighted by atomic mass is 32.2. The summed E-state index contributed by atoms with van der Waals surface area (Å²) in [6.45, 7) is 1.93. The van der Waals surface area contributed by atoms with Crippen LogP contribution < -0.4 is 0 Å². The second-order valence-electron chi connectivity index (χ2n) is 6.48. The third kappa shape index (κ3) is 3.03. The van der Waals surface area contributed by atoms with Gasteiger partial charge in [0.15, 0.2) is 0 Å². The fraction of sp³-hybridized carbons (Fsp3) is 0.786. The van der Waals surface area contributed by atoms with Crippen LogP contribution in [0.4, 0.5) is 0 Å². The Balaban J connectivity index is 1.87. The second-order valence-corrected chi connectivity index (χ2v) is 8.39. The lowest BCUT2D eigenvalue weighted by molar-refractivity contribution is 0.0195. The minimum Gasteiger partial charge on any atom is -0.394 e. The van der Waals surface area contributed by atoms with Crippen LogP contribution in [0, 0.1) is 0 Å². The predicted molar refractivity (Wildman–Crippen MR) is 84.3 cm³/mol. The van der Waals surface area contributed by atoms with Crippen LogP contribution in [0.15, 0.2) is 6.33 Å². The molecule has 3 rings (SSSR count). The number of nitrogens with one attached hydrogen (secondary N) is 1. The molecule has 9 heteroatoms. The van der Waals surface area contributed by atoms with Crippen molar-refractivity contribution in [3.8, 4) is 0 Å². The summed E-state index contributed by atoms with van der Waals surface area (Å²) >= 11 is 0. The molecule has 130 valence electrons. The van der Waals surface area contributed by atoms with Gasteiger partial charge >= 0.3 is 0 Å². The largest absolute Gasteiger partial charge is 0.394 e. The summed E-state index contributed by atoms with van der Waals surface area (Å²) in [5.41, 5.74) is 1.27. The fourth-order valence-corrected chi connectivity index (χ4v) is 5.22. The number of aliphatic hydroxyl groups is 2. The number of imidazole rings is 1. The van der Waals surface area contributed by atoms with Crippen LogP contribution in [0.2, 0.25) is 0 Å². The summed E-state index contributed by atoms with van der Waals surface area (Å²) < 4.78 is 26.2. The number of piperidine rings is 1. The summed E-state index contributed by atoms with van der Waals surface area (Å²) in [7, 11) is -3.33. The molecule has 3 heterocycles. The number of rotatable bonds is 4. The van der Waals surface area contributed by atoms with Crippen molar-refractivity contribution in [3.05, 3.63) is 17.7 Å². The Labute approximate surface area is 136 Å². The number of β-amino-alcohol motifs (C(OH)–C–C–N with tert-alkyl or cyclic N) is 1. The molecular formula is C14H24N4O4S. The van der Waals surface area contributed by atoms with Gasteiger partial charge in [0.2, 0.25) is 10.0 Å². The number of aromatic amines is 1. The molecule has 2 aliphatic rings. The molecule has 2 aliphatic heterocycles. The van der Waals surface area contributed by atoms with Gasteiger partial charge in [-0.05, 0) is 12.8 Å². The number of hydrogen-bond donors (Lipinski definition) is 3. The van der Waals surface area contributed by atoms with E-state index in [-0.39, 0.29) is 6.61 Å². The normalized spacial score (nSPS) is 23.8. The highest BCUT2D eigenvalue weighted by Gasteiger charge is 2.50. The van der Waals surface area contributed by atoms with E-state index in [1.807, 2.05) is 0 Å². The molecule has 0 unspecified atom stereocenters. The van der Waals surface area contributed by atoms with E-state index < -0.39 is 21.7 Å². The van der Waals surface area contributed by atoms with E-state index in [1.165, 1.54) is 6.26 Å². The molecule has 1 fully saturated rings. The standard InChI is InChI=1S/C14H24N4O4S/c1-23(21,22)18-5-2-12-13(16-10-15-12)14(18)3-6-17(7-4-14)8-11(20)9-19/h10-11,19-20H,2-9H2,1H3,(H,15,16)/t11-/m1/s1. The van der Waals surface area contributed by atoms with Crippen molar-refractivity contribution < 1.29 is 18.6 Å². The molecule has 1 atom stereocenters. The SMILES string of the molecule is CS(=O)(=O)N1CCc2[nH]cnc2C12CCN(C[C@@H](O)CO)CC2. The maximum atomic E-state index is 12.3. The topological polar surface area (TPSA) is 110 Å². The lowest BCUT2D eigenvalue weighted by atomic mass is 9.80. The van der Waals surface area contributed by atoms with Crippen molar-refractivity contribution in [2.24, 2.45) is 0 Å². The van der Waals surface area contributed by atoms with Crippen LogP contribution >= 0.6 is 0 Å². The fourth-order valence-electron chi connectivity index (χ4n) is 3.89. The first kappa shape index (κ1) is 16.8. The van der Waals surface area contributed by atoms with Crippen LogP contribution in [-0.4, -0.2) is 82.9 Å². The van der Waals surface area contributed by atoms with E-state index in [2.05, 4.69) is 14.9 Å². The van der Waals surface area contributed by atoms with Crippen molar-refractivity contribution in [2.75, 3.05) is 39.0 Å². The van der Waals surface area contributed by atoms with Crippen LogP contribution in [-0.2, 0) is 22.0 Å². The Hall–Kier alpha value is -1.00. The van der Waals surface area contributed by atoms with E-state index in [9.17, 15) is 13.5 Å². The first-order valence-corrected chi connectivity index (χ1v) is 9.73. The van der Waals surface area contributed by atoms with Gasteiger partial charge in [-0.1, -0.05) is 0 Å². The zero-order valence-corrected chi connectivity index (χ0v) is 14.1. The first-order valence-electron chi connectivity index (χ1n) is 7.88. The molecule has 8 nitrogen and oxygen atoms in total. The number of likely N-dealkylation sites (tertiary alicyclic amines) is 1. The average molecular weight is 344 g/mol. The third-order valence-electron chi connectivity index (χ3n) is 4.96. The minimum absolute atomic E-state index is 0.263. The van der Waals surface area contributed by atoms with E-state index in [4.69, 9.17) is 5.11 Å². The smallest absolute Gasteiger partial charge is 0.212 e. The Kier molecular flexibility index (Phi) is 4.49. The highest BCUT2D eigenvalue weighted by Crippen LogP contribution is 2.43. The number of nitrogens with zero attached hydrogens (tertiary/aromatic N) is 3. The number of sulfonamides is 1. The highest BCUT2D eigenvalue weighted by molar-refractivity contribution is 7.88. The van der Waals surface area contributed by atoms with Gasteiger partial charge in [-0.2, -0.15) is 4.31 Å².